The summed E-state index contributed by atoms with van der Waals surface area (Å²) in [4.78, 5) is 28.6. The molecule has 7 nitrogen and oxygen atoms in total. The minimum absolute atomic E-state index is 0.0726. The Morgan fingerprint density at radius 3 is 2.50 bits per heavy atom. The monoisotopic (exact) mass is 346 g/mol. The Kier molecular flexibility index (Phi) is 5.05. The average Bonchev–Trinajstić information content (AvgIpc) is 3.20. The van der Waals surface area contributed by atoms with Gasteiger partial charge in [-0.25, -0.2) is 4.98 Å². The molecule has 1 aromatic carbocycles. The van der Waals surface area contributed by atoms with Gasteiger partial charge in [-0.15, -0.1) is 0 Å². The van der Waals surface area contributed by atoms with Crippen molar-refractivity contribution in [3.63, 3.8) is 0 Å². The van der Waals surface area contributed by atoms with Gasteiger partial charge in [0.25, 0.3) is 11.8 Å². The Morgan fingerprint density at radius 2 is 1.77 bits per heavy atom. The largest absolute Gasteiger partial charge is 0.467 e. The van der Waals surface area contributed by atoms with Crippen LogP contribution in [-0.4, -0.2) is 16.8 Å². The first-order valence-corrected chi connectivity index (χ1v) is 7.75. The molecular formula is C19H14N4O3. The molecule has 2 amide bonds. The van der Waals surface area contributed by atoms with Gasteiger partial charge in [0.15, 0.2) is 0 Å². The highest BCUT2D eigenvalue weighted by Crippen LogP contribution is 2.14. The Bertz CT molecular complexity index is 974. The number of benzene rings is 1. The normalized spacial score (nSPS) is 9.96. The predicted molar refractivity (Wildman–Crippen MR) is 93.2 cm³/mol. The topological polar surface area (TPSA) is 108 Å². The van der Waals surface area contributed by atoms with Gasteiger partial charge in [0.05, 0.1) is 24.1 Å². The van der Waals surface area contributed by atoms with Crippen molar-refractivity contribution in [1.82, 2.24) is 10.3 Å². The van der Waals surface area contributed by atoms with Crippen LogP contribution in [-0.2, 0) is 6.54 Å². The van der Waals surface area contributed by atoms with Crippen LogP contribution >= 0.6 is 0 Å². The van der Waals surface area contributed by atoms with E-state index in [1.165, 1.54) is 18.4 Å². The third kappa shape index (κ3) is 3.94. The zero-order chi connectivity index (χ0) is 18.4. The smallest absolute Gasteiger partial charge is 0.274 e. The van der Waals surface area contributed by atoms with Crippen molar-refractivity contribution in [1.29, 1.82) is 5.26 Å². The highest BCUT2D eigenvalue weighted by molar-refractivity contribution is 6.04. The molecule has 26 heavy (non-hydrogen) atoms. The summed E-state index contributed by atoms with van der Waals surface area (Å²) in [6.07, 6.45) is 1.52. The number of anilines is 1. The minimum atomic E-state index is -0.506. The van der Waals surface area contributed by atoms with E-state index < -0.39 is 11.8 Å². The Labute approximate surface area is 149 Å². The third-order valence-corrected chi connectivity index (χ3v) is 3.51. The van der Waals surface area contributed by atoms with Crippen LogP contribution in [0.25, 0.3) is 0 Å². The molecule has 0 bridgehead atoms. The van der Waals surface area contributed by atoms with Crippen LogP contribution < -0.4 is 10.6 Å². The van der Waals surface area contributed by atoms with Gasteiger partial charge < -0.3 is 15.1 Å². The summed E-state index contributed by atoms with van der Waals surface area (Å²) in [5.41, 5.74) is 0.906. The van der Waals surface area contributed by atoms with Gasteiger partial charge >= 0.3 is 0 Å². The van der Waals surface area contributed by atoms with Gasteiger partial charge in [0.2, 0.25) is 0 Å². The van der Waals surface area contributed by atoms with Gasteiger partial charge in [-0.2, -0.15) is 5.26 Å². The van der Waals surface area contributed by atoms with Crippen LogP contribution in [0.2, 0.25) is 0 Å². The molecule has 0 saturated heterocycles. The van der Waals surface area contributed by atoms with Gasteiger partial charge in [-0.05, 0) is 36.4 Å². The summed E-state index contributed by atoms with van der Waals surface area (Å²) in [5.74, 6) is -0.317. The number of carbonyl (C=O) groups excluding carboxylic acids is 2. The zero-order valence-corrected chi connectivity index (χ0v) is 13.6. The average molecular weight is 346 g/mol. The second kappa shape index (κ2) is 7.77. The molecule has 7 heteroatoms. The molecule has 2 N–H and O–H groups in total. The molecule has 0 aliphatic heterocycles. The van der Waals surface area contributed by atoms with E-state index >= 15 is 0 Å². The molecule has 0 aliphatic carbocycles. The number of nitriles is 1. The van der Waals surface area contributed by atoms with E-state index in [-0.39, 0.29) is 17.9 Å². The number of aromatic nitrogens is 1. The molecule has 3 aromatic rings. The third-order valence-electron chi connectivity index (χ3n) is 3.51. The van der Waals surface area contributed by atoms with Crippen molar-refractivity contribution in [3.05, 3.63) is 83.6 Å². The fraction of sp³-hybridized carbons (Fsp3) is 0.0526. The number of amides is 2. The quantitative estimate of drug-likeness (QED) is 0.738. The van der Waals surface area contributed by atoms with Crippen molar-refractivity contribution in [3.8, 4) is 6.07 Å². The summed E-state index contributed by atoms with van der Waals surface area (Å²) in [7, 11) is 0. The molecule has 0 fully saturated rings. The molecule has 128 valence electrons. The fourth-order valence-corrected chi connectivity index (χ4v) is 2.23. The lowest BCUT2D eigenvalue weighted by atomic mass is 10.2. The van der Waals surface area contributed by atoms with Crippen LogP contribution in [0.15, 0.2) is 65.3 Å². The van der Waals surface area contributed by atoms with Crippen LogP contribution in [0.4, 0.5) is 5.69 Å². The number of nitrogens with one attached hydrogen (secondary N) is 2. The van der Waals surface area contributed by atoms with Crippen molar-refractivity contribution in [2.45, 2.75) is 6.54 Å². The maximum Gasteiger partial charge on any atom is 0.274 e. The maximum absolute atomic E-state index is 12.4. The van der Waals surface area contributed by atoms with E-state index in [2.05, 4.69) is 15.6 Å². The van der Waals surface area contributed by atoms with E-state index in [1.807, 2.05) is 6.07 Å². The number of hydrogen-bond donors (Lipinski definition) is 2. The molecule has 2 heterocycles. The molecular weight excluding hydrogens is 332 g/mol. The molecule has 0 atom stereocenters. The Morgan fingerprint density at radius 1 is 1.00 bits per heavy atom. The van der Waals surface area contributed by atoms with Crippen molar-refractivity contribution in [2.75, 3.05) is 5.32 Å². The van der Waals surface area contributed by atoms with Gasteiger partial charge in [0.1, 0.15) is 23.2 Å². The molecule has 0 unspecified atom stereocenters. The summed E-state index contributed by atoms with van der Waals surface area (Å²) in [6, 6.07) is 16.7. The number of nitrogens with zero attached hydrogens (tertiary/aromatic N) is 2. The predicted octanol–water partition coefficient (Wildman–Crippen LogP) is 2.73. The molecule has 0 aliphatic rings. The fourth-order valence-electron chi connectivity index (χ4n) is 2.23. The first kappa shape index (κ1) is 16.9. The molecule has 0 saturated carbocycles. The second-order valence-electron chi connectivity index (χ2n) is 5.28. The summed E-state index contributed by atoms with van der Waals surface area (Å²) >= 11 is 0. The van der Waals surface area contributed by atoms with Gasteiger partial charge in [0, 0.05) is 0 Å². The number of rotatable bonds is 5. The van der Waals surface area contributed by atoms with Crippen molar-refractivity contribution >= 4 is 17.5 Å². The number of carbonyl (C=O) groups is 2. The van der Waals surface area contributed by atoms with Crippen LogP contribution in [0.1, 0.15) is 32.3 Å². The highest BCUT2D eigenvalue weighted by Gasteiger charge is 2.14. The first-order valence-electron chi connectivity index (χ1n) is 7.75. The zero-order valence-electron chi connectivity index (χ0n) is 13.6. The molecule has 0 radical (unpaired) electrons. The van der Waals surface area contributed by atoms with Crippen LogP contribution in [0, 0.1) is 11.3 Å². The Balaban J connectivity index is 1.71. The van der Waals surface area contributed by atoms with Crippen LogP contribution in [0.5, 0.6) is 0 Å². The van der Waals surface area contributed by atoms with E-state index in [0.717, 1.165) is 0 Å². The summed E-state index contributed by atoms with van der Waals surface area (Å²) in [6.45, 7) is 0.222. The summed E-state index contributed by atoms with van der Waals surface area (Å²) in [5, 5.41) is 14.4. The van der Waals surface area contributed by atoms with E-state index in [1.54, 1.807) is 42.5 Å². The van der Waals surface area contributed by atoms with Gasteiger partial charge in [-0.3, -0.25) is 9.59 Å². The number of pyridine rings is 1. The molecule has 3 rings (SSSR count). The maximum atomic E-state index is 12.4. The Hall–Kier alpha value is -3.92. The molecule has 2 aromatic heterocycles. The standard InChI is InChI=1S/C19H14N4O3/c20-11-13-5-1-2-7-15(13)23-19(25)17-9-3-8-16(22-17)18(24)21-12-14-6-4-10-26-14/h1-10H,12H2,(H,21,24)(H,23,25). The SMILES string of the molecule is N#Cc1ccccc1NC(=O)c1cccc(C(=O)NCc2ccco2)n1. The lowest BCUT2D eigenvalue weighted by Crippen LogP contribution is -2.25. The van der Waals surface area contributed by atoms with Crippen LogP contribution in [0.3, 0.4) is 0 Å². The summed E-state index contributed by atoms with van der Waals surface area (Å²) < 4.78 is 5.14. The van der Waals surface area contributed by atoms with Crippen molar-refractivity contribution in [2.24, 2.45) is 0 Å². The second-order valence-corrected chi connectivity index (χ2v) is 5.28. The lowest BCUT2D eigenvalue weighted by Gasteiger charge is -2.08. The highest BCUT2D eigenvalue weighted by atomic mass is 16.3. The van der Waals surface area contributed by atoms with E-state index in [4.69, 9.17) is 9.68 Å². The number of hydrogen-bond acceptors (Lipinski definition) is 5. The van der Waals surface area contributed by atoms with E-state index in [0.29, 0.717) is 17.0 Å². The minimum Gasteiger partial charge on any atom is -0.467 e. The first-order chi connectivity index (χ1) is 12.7. The van der Waals surface area contributed by atoms with Crippen molar-refractivity contribution < 1.29 is 14.0 Å². The number of para-hydroxylation sites is 1. The lowest BCUT2D eigenvalue weighted by molar-refractivity contribution is 0.0943. The van der Waals surface area contributed by atoms with Gasteiger partial charge in [-0.1, -0.05) is 18.2 Å². The molecule has 0 spiro atoms. The number of furan rings is 1. The van der Waals surface area contributed by atoms with E-state index in [9.17, 15) is 9.59 Å².